The molecule has 76 valence electrons. The number of aliphatic carboxylic acids is 1. The zero-order valence-corrected chi connectivity index (χ0v) is 8.24. The fourth-order valence-electron chi connectivity index (χ4n) is 0.918. The fraction of sp³-hybridized carbons (Fsp3) is 0.778. The highest BCUT2D eigenvalue weighted by atomic mass is 16.5. The van der Waals surface area contributed by atoms with Crippen molar-refractivity contribution in [3.63, 3.8) is 0 Å². The van der Waals surface area contributed by atoms with E-state index in [1.54, 1.807) is 20.8 Å². The van der Waals surface area contributed by atoms with Gasteiger partial charge in [-0.25, -0.2) is 0 Å². The number of carbonyl (C=O) groups is 2. The van der Waals surface area contributed by atoms with Gasteiger partial charge in [-0.15, -0.1) is 0 Å². The molecule has 0 bridgehead atoms. The van der Waals surface area contributed by atoms with E-state index in [2.05, 4.69) is 0 Å². The molecule has 0 amide bonds. The van der Waals surface area contributed by atoms with E-state index < -0.39 is 17.9 Å². The lowest BCUT2D eigenvalue weighted by Gasteiger charge is -2.11. The van der Waals surface area contributed by atoms with E-state index in [0.29, 0.717) is 6.42 Å². The molecule has 0 heterocycles. The van der Waals surface area contributed by atoms with Crippen molar-refractivity contribution in [3.8, 4) is 0 Å². The smallest absolute Gasteiger partial charge is 0.307 e. The molecule has 4 heteroatoms. The Morgan fingerprint density at radius 2 is 1.92 bits per heavy atom. The maximum Gasteiger partial charge on any atom is 0.307 e. The number of hydrogen-bond donors (Lipinski definition) is 1. The van der Waals surface area contributed by atoms with Gasteiger partial charge in [0.05, 0.1) is 18.4 Å². The zero-order chi connectivity index (χ0) is 10.4. The largest absolute Gasteiger partial charge is 0.481 e. The van der Waals surface area contributed by atoms with Crippen LogP contribution in [0.2, 0.25) is 0 Å². The molecule has 0 rings (SSSR count). The first kappa shape index (κ1) is 11.9. The number of carboxylic acid groups (broad SMARTS) is 1. The van der Waals surface area contributed by atoms with E-state index in [-0.39, 0.29) is 12.5 Å². The highest BCUT2D eigenvalue weighted by Crippen LogP contribution is 2.10. The van der Waals surface area contributed by atoms with Crippen molar-refractivity contribution in [3.05, 3.63) is 0 Å². The Balaban J connectivity index is 3.94. The van der Waals surface area contributed by atoms with Crippen LogP contribution in [0.1, 0.15) is 33.6 Å². The predicted molar refractivity (Wildman–Crippen MR) is 47.3 cm³/mol. The van der Waals surface area contributed by atoms with Gasteiger partial charge in [0.15, 0.2) is 0 Å². The second-order valence-electron chi connectivity index (χ2n) is 3.19. The van der Waals surface area contributed by atoms with Gasteiger partial charge in [-0.05, 0) is 20.3 Å². The molecule has 0 aromatic rings. The molecule has 0 spiro atoms. The number of carboxylic acids is 1. The normalized spacial score (nSPS) is 12.6. The van der Waals surface area contributed by atoms with Crippen LogP contribution in [0.5, 0.6) is 0 Å². The molecule has 0 saturated heterocycles. The monoisotopic (exact) mass is 188 g/mol. The number of carbonyl (C=O) groups excluding carboxylic acids is 1. The average molecular weight is 188 g/mol. The highest BCUT2D eigenvalue weighted by Gasteiger charge is 2.20. The highest BCUT2D eigenvalue weighted by molar-refractivity contribution is 5.78. The van der Waals surface area contributed by atoms with E-state index in [4.69, 9.17) is 9.84 Å². The van der Waals surface area contributed by atoms with Gasteiger partial charge in [-0.1, -0.05) is 6.92 Å². The van der Waals surface area contributed by atoms with E-state index >= 15 is 0 Å². The van der Waals surface area contributed by atoms with Crippen molar-refractivity contribution >= 4 is 11.9 Å². The van der Waals surface area contributed by atoms with Crippen LogP contribution in [0.15, 0.2) is 0 Å². The Kier molecular flexibility index (Phi) is 5.11. The third kappa shape index (κ3) is 5.22. The molecule has 0 aliphatic heterocycles. The van der Waals surface area contributed by atoms with Crippen molar-refractivity contribution in [1.82, 2.24) is 0 Å². The maximum absolute atomic E-state index is 11.0. The van der Waals surface area contributed by atoms with Crippen LogP contribution in [0.4, 0.5) is 0 Å². The lowest BCUT2D eigenvalue weighted by atomic mass is 10.0. The summed E-state index contributed by atoms with van der Waals surface area (Å²) in [4.78, 5) is 21.6. The second kappa shape index (κ2) is 5.56. The van der Waals surface area contributed by atoms with E-state index in [0.717, 1.165) is 0 Å². The number of esters is 1. The first-order chi connectivity index (χ1) is 5.97. The van der Waals surface area contributed by atoms with Crippen molar-refractivity contribution in [2.45, 2.75) is 39.7 Å². The topological polar surface area (TPSA) is 63.6 Å². The summed E-state index contributed by atoms with van der Waals surface area (Å²) in [6.45, 7) is 5.21. The van der Waals surface area contributed by atoms with Crippen LogP contribution in [-0.2, 0) is 14.3 Å². The standard InChI is InChI=1S/C9H16O4/c1-4-7(9(11)12)5-8(10)13-6(2)3/h6-7H,4-5H2,1-3H3,(H,11,12)/t7-/m1/s1. The zero-order valence-electron chi connectivity index (χ0n) is 8.24. The summed E-state index contributed by atoms with van der Waals surface area (Å²) >= 11 is 0. The summed E-state index contributed by atoms with van der Waals surface area (Å²) in [5.74, 6) is -2.00. The summed E-state index contributed by atoms with van der Waals surface area (Å²) in [6, 6.07) is 0. The van der Waals surface area contributed by atoms with Gasteiger partial charge in [-0.2, -0.15) is 0 Å². The average Bonchev–Trinajstić information content (AvgIpc) is 1.98. The Bertz CT molecular complexity index is 186. The first-order valence-electron chi connectivity index (χ1n) is 4.39. The van der Waals surface area contributed by atoms with Gasteiger partial charge in [0, 0.05) is 0 Å². The molecule has 0 aliphatic carbocycles. The second-order valence-corrected chi connectivity index (χ2v) is 3.19. The summed E-state index contributed by atoms with van der Waals surface area (Å²) in [7, 11) is 0. The number of rotatable bonds is 5. The number of ether oxygens (including phenoxy) is 1. The van der Waals surface area contributed by atoms with Crippen LogP contribution < -0.4 is 0 Å². The molecule has 4 nitrogen and oxygen atoms in total. The molecular weight excluding hydrogens is 172 g/mol. The van der Waals surface area contributed by atoms with Gasteiger partial charge >= 0.3 is 11.9 Å². The van der Waals surface area contributed by atoms with E-state index in [9.17, 15) is 9.59 Å². The fourth-order valence-corrected chi connectivity index (χ4v) is 0.918. The van der Waals surface area contributed by atoms with E-state index in [1.807, 2.05) is 0 Å². The van der Waals surface area contributed by atoms with Crippen molar-refractivity contribution in [1.29, 1.82) is 0 Å². The van der Waals surface area contributed by atoms with Crippen molar-refractivity contribution in [2.24, 2.45) is 5.92 Å². The van der Waals surface area contributed by atoms with Crippen LogP contribution in [-0.4, -0.2) is 23.1 Å². The SMILES string of the molecule is CC[C@H](CC(=O)OC(C)C)C(=O)O. The van der Waals surface area contributed by atoms with Gasteiger partial charge in [-0.3, -0.25) is 9.59 Å². The summed E-state index contributed by atoms with van der Waals surface area (Å²) in [6.07, 6.45) is 0.228. The summed E-state index contributed by atoms with van der Waals surface area (Å²) in [5.41, 5.74) is 0. The van der Waals surface area contributed by atoms with Crippen LogP contribution in [0.25, 0.3) is 0 Å². The molecule has 13 heavy (non-hydrogen) atoms. The minimum absolute atomic E-state index is 0.0377. The molecule has 0 unspecified atom stereocenters. The summed E-state index contributed by atoms with van der Waals surface area (Å²) in [5, 5.41) is 8.65. The molecule has 0 aromatic carbocycles. The molecule has 1 N–H and O–H groups in total. The lowest BCUT2D eigenvalue weighted by Crippen LogP contribution is -2.20. The van der Waals surface area contributed by atoms with Gasteiger partial charge < -0.3 is 9.84 Å². The Morgan fingerprint density at radius 1 is 1.38 bits per heavy atom. The van der Waals surface area contributed by atoms with Crippen LogP contribution in [0, 0.1) is 5.92 Å². The minimum atomic E-state index is -0.941. The molecule has 0 aliphatic rings. The quantitative estimate of drug-likeness (QED) is 0.663. The molecule has 0 radical (unpaired) electrons. The molecule has 0 saturated carbocycles. The summed E-state index contributed by atoms with van der Waals surface area (Å²) < 4.78 is 4.83. The lowest BCUT2D eigenvalue weighted by molar-refractivity contribution is -0.154. The van der Waals surface area contributed by atoms with Gasteiger partial charge in [0.25, 0.3) is 0 Å². The predicted octanol–water partition coefficient (Wildman–Crippen LogP) is 1.44. The third-order valence-electron chi connectivity index (χ3n) is 1.62. The molecule has 1 atom stereocenters. The van der Waals surface area contributed by atoms with Gasteiger partial charge in [0.1, 0.15) is 0 Å². The third-order valence-corrected chi connectivity index (χ3v) is 1.62. The van der Waals surface area contributed by atoms with Crippen molar-refractivity contribution in [2.75, 3.05) is 0 Å². The Morgan fingerprint density at radius 3 is 2.23 bits per heavy atom. The minimum Gasteiger partial charge on any atom is -0.481 e. The maximum atomic E-state index is 11.0. The van der Waals surface area contributed by atoms with Crippen LogP contribution in [0.3, 0.4) is 0 Å². The van der Waals surface area contributed by atoms with Gasteiger partial charge in [0.2, 0.25) is 0 Å². The first-order valence-corrected chi connectivity index (χ1v) is 4.39. The Hall–Kier alpha value is -1.06. The molecular formula is C9H16O4. The Labute approximate surface area is 77.9 Å². The molecule has 0 aromatic heterocycles. The number of hydrogen-bond acceptors (Lipinski definition) is 3. The molecule has 0 fully saturated rings. The van der Waals surface area contributed by atoms with E-state index in [1.165, 1.54) is 0 Å². The van der Waals surface area contributed by atoms with Crippen molar-refractivity contribution < 1.29 is 19.4 Å². The van der Waals surface area contributed by atoms with Crippen LogP contribution >= 0.6 is 0 Å².